The number of hydrogen-bond donors (Lipinski definition) is 2. The number of nitrogens with one attached hydrogen (secondary N) is 2. The topological polar surface area (TPSA) is 67.4 Å². The molecular formula is C19H26N2O3. The summed E-state index contributed by atoms with van der Waals surface area (Å²) in [4.78, 5) is 24.8. The minimum absolute atomic E-state index is 0.0555. The number of hydrogen-bond acceptors (Lipinski definition) is 5. The minimum Gasteiger partial charge on any atom is -0.366 e. The second-order valence-electron chi connectivity index (χ2n) is 7.23. The van der Waals surface area contributed by atoms with Crippen LogP contribution in [-0.4, -0.2) is 29.8 Å². The molecule has 5 heteroatoms. The van der Waals surface area contributed by atoms with Gasteiger partial charge in [-0.3, -0.25) is 9.59 Å². The molecule has 1 aromatic carbocycles. The van der Waals surface area contributed by atoms with Gasteiger partial charge in [-0.15, -0.1) is 0 Å². The minimum atomic E-state index is -0.445. The molecule has 1 heterocycles. The van der Waals surface area contributed by atoms with Crippen molar-refractivity contribution in [2.75, 3.05) is 0 Å². The maximum absolute atomic E-state index is 13.0. The Labute approximate surface area is 143 Å². The monoisotopic (exact) mass is 330 g/mol. The van der Waals surface area contributed by atoms with E-state index in [-0.39, 0.29) is 29.6 Å². The fraction of sp³-hybridized carbons (Fsp3) is 0.579. The van der Waals surface area contributed by atoms with Crippen LogP contribution < -0.4 is 10.9 Å². The number of hydrazine groups is 1. The standard InChI is InChI=1S/C19H26N2O3/c1-12(2)10-16(24-11-13-6-4-3-5-7-13)19(23)18-14-8-9-15(22)17(14)20-21-18/h3-7,12,14,16-18,20-21H,8-11H2,1-2H3/t14?,16-,17?,18?/m0/s1. The van der Waals surface area contributed by atoms with E-state index in [1.54, 1.807) is 0 Å². The quantitative estimate of drug-likeness (QED) is 0.800. The molecule has 4 atom stereocenters. The molecule has 130 valence electrons. The molecule has 1 saturated carbocycles. The van der Waals surface area contributed by atoms with Gasteiger partial charge in [-0.1, -0.05) is 44.2 Å². The van der Waals surface area contributed by atoms with Crippen molar-refractivity contribution in [3.63, 3.8) is 0 Å². The van der Waals surface area contributed by atoms with Gasteiger partial charge < -0.3 is 4.74 Å². The van der Waals surface area contributed by atoms with Crippen LogP contribution in [0.1, 0.15) is 38.7 Å². The molecule has 1 aliphatic heterocycles. The predicted octanol–water partition coefficient (Wildman–Crippen LogP) is 2.01. The van der Waals surface area contributed by atoms with E-state index in [0.29, 0.717) is 25.4 Å². The van der Waals surface area contributed by atoms with E-state index in [0.717, 1.165) is 12.0 Å². The highest BCUT2D eigenvalue weighted by atomic mass is 16.5. The van der Waals surface area contributed by atoms with Crippen LogP contribution in [0, 0.1) is 11.8 Å². The van der Waals surface area contributed by atoms with Crippen LogP contribution in [0.2, 0.25) is 0 Å². The first kappa shape index (κ1) is 17.3. The maximum Gasteiger partial charge on any atom is 0.180 e. The van der Waals surface area contributed by atoms with Gasteiger partial charge in [-0.05, 0) is 24.3 Å². The number of rotatable bonds is 7. The molecule has 24 heavy (non-hydrogen) atoms. The summed E-state index contributed by atoms with van der Waals surface area (Å²) < 4.78 is 5.99. The van der Waals surface area contributed by atoms with Crippen LogP contribution in [-0.2, 0) is 20.9 Å². The van der Waals surface area contributed by atoms with E-state index >= 15 is 0 Å². The average molecular weight is 330 g/mol. The highest BCUT2D eigenvalue weighted by Crippen LogP contribution is 2.31. The second kappa shape index (κ2) is 7.55. The van der Waals surface area contributed by atoms with E-state index < -0.39 is 6.10 Å². The molecule has 0 amide bonds. The van der Waals surface area contributed by atoms with Crippen LogP contribution in [0.3, 0.4) is 0 Å². The number of carbonyl (C=O) groups is 2. The van der Waals surface area contributed by atoms with Crippen LogP contribution in [0.15, 0.2) is 30.3 Å². The first-order chi connectivity index (χ1) is 11.6. The molecule has 3 rings (SSSR count). The van der Waals surface area contributed by atoms with Gasteiger partial charge in [0.05, 0.1) is 18.7 Å². The van der Waals surface area contributed by atoms with Crippen molar-refractivity contribution in [2.45, 2.75) is 57.9 Å². The Bertz CT molecular complexity index is 588. The normalized spacial score (nSPS) is 27.5. The molecule has 2 N–H and O–H groups in total. The van der Waals surface area contributed by atoms with Crippen LogP contribution in [0.25, 0.3) is 0 Å². The zero-order chi connectivity index (χ0) is 17.1. The van der Waals surface area contributed by atoms with E-state index in [9.17, 15) is 9.59 Å². The highest BCUT2D eigenvalue weighted by Gasteiger charge is 2.48. The van der Waals surface area contributed by atoms with Gasteiger partial charge in [0.25, 0.3) is 0 Å². The van der Waals surface area contributed by atoms with Crippen molar-refractivity contribution in [1.29, 1.82) is 0 Å². The Morgan fingerprint density at radius 1 is 1.25 bits per heavy atom. The maximum atomic E-state index is 13.0. The lowest BCUT2D eigenvalue weighted by molar-refractivity contribution is -0.135. The summed E-state index contributed by atoms with van der Waals surface area (Å²) in [6.07, 6.45) is 1.58. The van der Waals surface area contributed by atoms with Crippen molar-refractivity contribution in [3.8, 4) is 0 Å². The molecule has 1 saturated heterocycles. The van der Waals surface area contributed by atoms with Crippen molar-refractivity contribution < 1.29 is 14.3 Å². The fourth-order valence-corrected chi connectivity index (χ4v) is 3.65. The molecule has 0 radical (unpaired) electrons. The number of Topliss-reactive ketones (excluding diaryl/α,β-unsaturated/α-hetero) is 2. The third-order valence-electron chi connectivity index (χ3n) is 4.92. The molecule has 5 nitrogen and oxygen atoms in total. The first-order valence-corrected chi connectivity index (χ1v) is 8.79. The van der Waals surface area contributed by atoms with Gasteiger partial charge in [0.2, 0.25) is 0 Å². The van der Waals surface area contributed by atoms with E-state index in [1.807, 2.05) is 30.3 Å². The van der Waals surface area contributed by atoms with Crippen LogP contribution in [0.4, 0.5) is 0 Å². The largest absolute Gasteiger partial charge is 0.366 e. The third kappa shape index (κ3) is 3.74. The van der Waals surface area contributed by atoms with Crippen molar-refractivity contribution >= 4 is 11.6 Å². The van der Waals surface area contributed by atoms with E-state index in [4.69, 9.17) is 4.74 Å². The summed E-state index contributed by atoms with van der Waals surface area (Å²) >= 11 is 0. The molecule has 3 unspecified atom stereocenters. The molecule has 2 fully saturated rings. The Kier molecular flexibility index (Phi) is 5.43. The van der Waals surface area contributed by atoms with Gasteiger partial charge in [0.15, 0.2) is 11.6 Å². The SMILES string of the molecule is CC(C)C[C@H](OCc1ccccc1)C(=O)C1NNC2C(=O)CCC21. The summed E-state index contributed by atoms with van der Waals surface area (Å²) in [5, 5.41) is 0. The number of fused-ring (bicyclic) bond motifs is 1. The van der Waals surface area contributed by atoms with Crippen molar-refractivity contribution in [3.05, 3.63) is 35.9 Å². The van der Waals surface area contributed by atoms with E-state index in [1.165, 1.54) is 0 Å². The molecule has 0 aromatic heterocycles. The number of ether oxygens (including phenoxy) is 1. The highest BCUT2D eigenvalue weighted by molar-refractivity contribution is 5.93. The molecule has 1 aromatic rings. The lowest BCUT2D eigenvalue weighted by Gasteiger charge is -2.24. The average Bonchev–Trinajstić information content (AvgIpc) is 3.15. The van der Waals surface area contributed by atoms with Gasteiger partial charge in [-0.2, -0.15) is 0 Å². The predicted molar refractivity (Wildman–Crippen MR) is 91.1 cm³/mol. The first-order valence-electron chi connectivity index (χ1n) is 8.79. The summed E-state index contributed by atoms with van der Waals surface area (Å²) in [7, 11) is 0. The summed E-state index contributed by atoms with van der Waals surface area (Å²) in [5.74, 6) is 0.688. The molecular weight excluding hydrogens is 304 g/mol. The summed E-state index contributed by atoms with van der Waals surface area (Å²) in [5.41, 5.74) is 7.11. The third-order valence-corrected chi connectivity index (χ3v) is 4.92. The van der Waals surface area contributed by atoms with Crippen LogP contribution in [0.5, 0.6) is 0 Å². The van der Waals surface area contributed by atoms with Gasteiger partial charge in [-0.25, -0.2) is 10.9 Å². The Morgan fingerprint density at radius 2 is 2.00 bits per heavy atom. The Morgan fingerprint density at radius 3 is 2.71 bits per heavy atom. The lowest BCUT2D eigenvalue weighted by atomic mass is 9.89. The zero-order valence-corrected chi connectivity index (χ0v) is 14.3. The number of carbonyl (C=O) groups excluding carboxylic acids is 2. The van der Waals surface area contributed by atoms with Crippen LogP contribution >= 0.6 is 0 Å². The lowest BCUT2D eigenvalue weighted by Crippen LogP contribution is -2.45. The van der Waals surface area contributed by atoms with Gasteiger partial charge >= 0.3 is 0 Å². The number of ketones is 2. The fourth-order valence-electron chi connectivity index (χ4n) is 3.65. The molecule has 0 bridgehead atoms. The van der Waals surface area contributed by atoms with Crippen molar-refractivity contribution in [2.24, 2.45) is 11.8 Å². The smallest absolute Gasteiger partial charge is 0.180 e. The Balaban J connectivity index is 1.66. The second-order valence-corrected chi connectivity index (χ2v) is 7.23. The zero-order valence-electron chi connectivity index (χ0n) is 14.3. The summed E-state index contributed by atoms with van der Waals surface area (Å²) in [6, 6.07) is 9.35. The molecule has 1 aliphatic carbocycles. The summed E-state index contributed by atoms with van der Waals surface area (Å²) in [6.45, 7) is 4.61. The number of benzene rings is 1. The Hall–Kier alpha value is -1.56. The molecule has 0 spiro atoms. The van der Waals surface area contributed by atoms with Gasteiger partial charge in [0, 0.05) is 12.3 Å². The van der Waals surface area contributed by atoms with Gasteiger partial charge in [0.1, 0.15) is 6.10 Å². The van der Waals surface area contributed by atoms with E-state index in [2.05, 4.69) is 24.7 Å². The van der Waals surface area contributed by atoms with Crippen molar-refractivity contribution in [1.82, 2.24) is 10.9 Å². The molecule has 2 aliphatic rings.